The smallest absolute Gasteiger partial charge is 0.251 e. The maximum atomic E-state index is 12.8. The zero-order valence-corrected chi connectivity index (χ0v) is 17.2. The summed E-state index contributed by atoms with van der Waals surface area (Å²) in [5, 5.41) is 3.09. The lowest BCUT2D eigenvalue weighted by Gasteiger charge is -2.18. The topological polar surface area (TPSA) is 66.5 Å². The molecular formula is C19H29ClN2O3S. The van der Waals surface area contributed by atoms with Gasteiger partial charge >= 0.3 is 0 Å². The highest BCUT2D eigenvalue weighted by Crippen LogP contribution is 2.28. The number of benzene rings is 1. The number of hydrogen-bond acceptors (Lipinski definition) is 3. The van der Waals surface area contributed by atoms with Crippen LogP contribution in [0.2, 0.25) is 5.02 Å². The van der Waals surface area contributed by atoms with Gasteiger partial charge in [-0.05, 0) is 43.4 Å². The number of sulfonamides is 1. The van der Waals surface area contributed by atoms with E-state index in [1.807, 2.05) is 0 Å². The highest BCUT2D eigenvalue weighted by atomic mass is 35.5. The standard InChI is InChI=1S/C19H29ClN2O3S/c1-3-5-8-15(4-2)14-21-19(23)16-9-10-17(20)18(13-16)26(24,25)22-11-6-7-12-22/h9-10,13,15H,3-8,11-12,14H2,1-2H3,(H,21,23)/t15-/m1/s1. The fourth-order valence-electron chi connectivity index (χ4n) is 3.19. The van der Waals surface area contributed by atoms with E-state index in [9.17, 15) is 13.2 Å². The minimum atomic E-state index is -3.65. The summed E-state index contributed by atoms with van der Waals surface area (Å²) >= 11 is 6.13. The molecule has 7 heteroatoms. The summed E-state index contributed by atoms with van der Waals surface area (Å²) in [7, 11) is -3.65. The zero-order chi connectivity index (χ0) is 19.2. The Balaban J connectivity index is 2.11. The van der Waals surface area contributed by atoms with Gasteiger partial charge in [0.15, 0.2) is 0 Å². The molecule has 1 fully saturated rings. The number of halogens is 1. The van der Waals surface area contributed by atoms with Gasteiger partial charge in [0.2, 0.25) is 10.0 Å². The Bertz CT molecular complexity index is 715. The van der Waals surface area contributed by atoms with E-state index in [0.717, 1.165) is 38.5 Å². The lowest BCUT2D eigenvalue weighted by Crippen LogP contribution is -2.30. The van der Waals surface area contributed by atoms with Crippen molar-refractivity contribution in [1.82, 2.24) is 9.62 Å². The SMILES string of the molecule is CCCC[C@@H](CC)CNC(=O)c1ccc(Cl)c(S(=O)(=O)N2CCCC2)c1. The summed E-state index contributed by atoms with van der Waals surface area (Å²) < 4.78 is 27.0. The van der Waals surface area contributed by atoms with Crippen molar-refractivity contribution < 1.29 is 13.2 Å². The Hall–Kier alpha value is -1.11. The molecule has 5 nitrogen and oxygen atoms in total. The van der Waals surface area contributed by atoms with Crippen molar-refractivity contribution in [2.75, 3.05) is 19.6 Å². The van der Waals surface area contributed by atoms with Crippen molar-refractivity contribution in [3.8, 4) is 0 Å². The van der Waals surface area contributed by atoms with E-state index >= 15 is 0 Å². The number of amides is 1. The monoisotopic (exact) mass is 400 g/mol. The number of nitrogens with one attached hydrogen (secondary N) is 1. The van der Waals surface area contributed by atoms with E-state index in [4.69, 9.17) is 11.6 Å². The van der Waals surface area contributed by atoms with Crippen LogP contribution in [0.3, 0.4) is 0 Å². The van der Waals surface area contributed by atoms with Crippen molar-refractivity contribution in [1.29, 1.82) is 0 Å². The van der Waals surface area contributed by atoms with Crippen molar-refractivity contribution in [2.24, 2.45) is 5.92 Å². The molecule has 1 aromatic rings. The molecular weight excluding hydrogens is 372 g/mol. The molecule has 1 saturated heterocycles. The predicted molar refractivity (Wildman–Crippen MR) is 105 cm³/mol. The zero-order valence-electron chi connectivity index (χ0n) is 15.6. The summed E-state index contributed by atoms with van der Waals surface area (Å²) in [6.07, 6.45) is 6.09. The van der Waals surface area contributed by atoms with Crippen molar-refractivity contribution >= 4 is 27.5 Å². The van der Waals surface area contributed by atoms with E-state index in [-0.39, 0.29) is 15.8 Å². The molecule has 0 spiro atoms. The van der Waals surface area contributed by atoms with Gasteiger partial charge in [0, 0.05) is 25.2 Å². The Kier molecular flexibility index (Phi) is 7.92. The lowest BCUT2D eigenvalue weighted by atomic mass is 9.99. The largest absolute Gasteiger partial charge is 0.352 e. The summed E-state index contributed by atoms with van der Waals surface area (Å²) in [5.41, 5.74) is 0.331. The van der Waals surface area contributed by atoms with E-state index in [1.54, 1.807) is 6.07 Å². The Morgan fingerprint density at radius 3 is 2.58 bits per heavy atom. The van der Waals surface area contributed by atoms with Crippen molar-refractivity contribution in [2.45, 2.75) is 57.3 Å². The first-order valence-electron chi connectivity index (χ1n) is 9.48. The Morgan fingerprint density at radius 2 is 1.96 bits per heavy atom. The molecule has 2 rings (SSSR count). The van der Waals surface area contributed by atoms with Crippen LogP contribution in [0.4, 0.5) is 0 Å². The molecule has 0 unspecified atom stereocenters. The third-order valence-electron chi connectivity index (χ3n) is 4.97. The van der Waals surface area contributed by atoms with Crippen molar-refractivity contribution in [3.63, 3.8) is 0 Å². The van der Waals surface area contributed by atoms with Gasteiger partial charge in [-0.1, -0.05) is 44.7 Å². The number of carbonyl (C=O) groups excluding carboxylic acids is 1. The fraction of sp³-hybridized carbons (Fsp3) is 0.632. The Morgan fingerprint density at radius 1 is 1.27 bits per heavy atom. The number of hydrogen-bond donors (Lipinski definition) is 1. The summed E-state index contributed by atoms with van der Waals surface area (Å²) in [6, 6.07) is 4.47. The van der Waals surface area contributed by atoms with Gasteiger partial charge in [-0.15, -0.1) is 0 Å². The number of unbranched alkanes of at least 4 members (excludes halogenated alkanes) is 1. The molecule has 1 N–H and O–H groups in total. The summed E-state index contributed by atoms with van der Waals surface area (Å²) in [4.78, 5) is 12.5. The van der Waals surface area contributed by atoms with Crippen LogP contribution in [-0.2, 0) is 10.0 Å². The number of carbonyl (C=O) groups is 1. The van der Waals surface area contributed by atoms with Gasteiger partial charge in [0.1, 0.15) is 4.90 Å². The normalized spacial score (nSPS) is 16.6. The van der Waals surface area contributed by atoms with Gasteiger partial charge in [0.25, 0.3) is 5.91 Å². The molecule has 1 atom stereocenters. The second-order valence-corrected chi connectivity index (χ2v) is 9.20. The number of nitrogens with zero attached hydrogens (tertiary/aromatic N) is 1. The third kappa shape index (κ3) is 5.21. The molecule has 1 aromatic carbocycles. The van der Waals surface area contributed by atoms with Gasteiger partial charge in [0.05, 0.1) is 5.02 Å². The minimum absolute atomic E-state index is 0.0201. The lowest BCUT2D eigenvalue weighted by molar-refractivity contribution is 0.0945. The van der Waals surface area contributed by atoms with E-state index in [0.29, 0.717) is 31.1 Å². The van der Waals surface area contributed by atoms with Crippen LogP contribution in [0.1, 0.15) is 62.7 Å². The second kappa shape index (κ2) is 9.72. The van der Waals surface area contributed by atoms with Crippen LogP contribution in [-0.4, -0.2) is 38.3 Å². The van der Waals surface area contributed by atoms with Gasteiger partial charge in [-0.25, -0.2) is 8.42 Å². The highest BCUT2D eigenvalue weighted by molar-refractivity contribution is 7.89. The second-order valence-electron chi connectivity index (χ2n) is 6.88. The third-order valence-corrected chi connectivity index (χ3v) is 7.35. The summed E-state index contributed by atoms with van der Waals surface area (Å²) in [6.45, 7) is 5.89. The van der Waals surface area contributed by atoms with Crippen LogP contribution < -0.4 is 5.32 Å². The fourth-order valence-corrected chi connectivity index (χ4v) is 5.21. The van der Waals surface area contributed by atoms with Gasteiger partial charge < -0.3 is 5.32 Å². The van der Waals surface area contributed by atoms with E-state index in [2.05, 4.69) is 19.2 Å². The van der Waals surface area contributed by atoms with Crippen LogP contribution in [0.5, 0.6) is 0 Å². The maximum Gasteiger partial charge on any atom is 0.251 e. The molecule has 1 aliphatic heterocycles. The van der Waals surface area contributed by atoms with Crippen LogP contribution in [0, 0.1) is 5.92 Å². The molecule has 1 aliphatic rings. The molecule has 26 heavy (non-hydrogen) atoms. The molecule has 0 radical (unpaired) electrons. The molecule has 1 amide bonds. The van der Waals surface area contributed by atoms with Crippen LogP contribution in [0.25, 0.3) is 0 Å². The number of rotatable bonds is 9. The molecule has 0 saturated carbocycles. The first-order valence-corrected chi connectivity index (χ1v) is 11.3. The summed E-state index contributed by atoms with van der Waals surface area (Å²) in [5.74, 6) is 0.188. The van der Waals surface area contributed by atoms with E-state index in [1.165, 1.54) is 16.4 Å². The maximum absolute atomic E-state index is 12.8. The average Bonchev–Trinajstić information content (AvgIpc) is 3.17. The first kappa shape index (κ1) is 21.2. The predicted octanol–water partition coefficient (Wildman–Crippen LogP) is 4.07. The molecule has 1 heterocycles. The highest BCUT2D eigenvalue weighted by Gasteiger charge is 2.29. The van der Waals surface area contributed by atoms with Gasteiger partial charge in [-0.3, -0.25) is 4.79 Å². The van der Waals surface area contributed by atoms with Crippen LogP contribution >= 0.6 is 11.6 Å². The quantitative estimate of drug-likeness (QED) is 0.679. The van der Waals surface area contributed by atoms with Crippen LogP contribution in [0.15, 0.2) is 23.1 Å². The van der Waals surface area contributed by atoms with Gasteiger partial charge in [-0.2, -0.15) is 4.31 Å². The molecule has 146 valence electrons. The average molecular weight is 401 g/mol. The van der Waals surface area contributed by atoms with E-state index < -0.39 is 10.0 Å². The Labute approximate surface area is 162 Å². The first-order chi connectivity index (χ1) is 12.4. The molecule has 0 bridgehead atoms. The van der Waals surface area contributed by atoms with Crippen molar-refractivity contribution in [3.05, 3.63) is 28.8 Å². The molecule has 0 aromatic heterocycles. The minimum Gasteiger partial charge on any atom is -0.352 e. The molecule has 0 aliphatic carbocycles.